The second-order valence-electron chi connectivity index (χ2n) is 3.87. The van der Waals surface area contributed by atoms with Crippen LogP contribution in [0.2, 0.25) is 0 Å². The molecule has 6 N–H and O–H groups in total. The summed E-state index contributed by atoms with van der Waals surface area (Å²) >= 11 is 0. The van der Waals surface area contributed by atoms with Crippen molar-refractivity contribution in [1.29, 1.82) is 0 Å². The lowest BCUT2D eigenvalue weighted by atomic mass is 10.0. The summed E-state index contributed by atoms with van der Waals surface area (Å²) in [5.74, 6) is -1.40. The Morgan fingerprint density at radius 2 is 1.76 bits per heavy atom. The van der Waals surface area contributed by atoms with Crippen LogP contribution in [0.1, 0.15) is 20.3 Å². The van der Waals surface area contributed by atoms with Crippen molar-refractivity contribution in [3.8, 4) is 0 Å². The molecule has 17 heavy (non-hydrogen) atoms. The Morgan fingerprint density at radius 1 is 1.29 bits per heavy atom. The van der Waals surface area contributed by atoms with E-state index in [-0.39, 0.29) is 37.3 Å². The smallest absolute Gasteiger partial charge is 0.326 e. The number of hydrogen-bond donors (Lipinski definition) is 4. The van der Waals surface area contributed by atoms with Gasteiger partial charge in [-0.2, -0.15) is 0 Å². The molecule has 0 rings (SSSR count). The Labute approximate surface area is 113 Å². The van der Waals surface area contributed by atoms with Gasteiger partial charge in [0.2, 0.25) is 5.91 Å². The summed E-state index contributed by atoms with van der Waals surface area (Å²) in [6.45, 7) is 3.76. The highest BCUT2D eigenvalue weighted by molar-refractivity contribution is 5.87. The Hall–Kier alpha value is -0.560. The largest absolute Gasteiger partial charge is 0.480 e. The summed E-state index contributed by atoms with van der Waals surface area (Å²) in [5, 5.41) is 11.2. The van der Waals surface area contributed by atoms with Crippen molar-refractivity contribution in [2.45, 2.75) is 32.4 Å². The second kappa shape index (κ2) is 10.6. The first-order valence-corrected chi connectivity index (χ1v) is 4.87. The molecule has 0 aliphatic heterocycles. The van der Waals surface area contributed by atoms with Gasteiger partial charge in [-0.25, -0.2) is 4.79 Å². The van der Waals surface area contributed by atoms with Gasteiger partial charge in [-0.3, -0.25) is 4.79 Å². The maximum absolute atomic E-state index is 11.3. The number of nitrogens with two attached hydrogens (primary N) is 2. The van der Waals surface area contributed by atoms with Crippen LogP contribution in [0, 0.1) is 5.92 Å². The van der Waals surface area contributed by atoms with Crippen LogP contribution in [0.5, 0.6) is 0 Å². The first-order chi connectivity index (χ1) is 6.88. The molecule has 2 atom stereocenters. The summed E-state index contributed by atoms with van der Waals surface area (Å²) in [4.78, 5) is 22.1. The number of hydrogen-bond acceptors (Lipinski definition) is 4. The van der Waals surface area contributed by atoms with Crippen molar-refractivity contribution in [3.63, 3.8) is 0 Å². The molecular weight excluding hydrogens is 269 g/mol. The molecule has 104 valence electrons. The number of carbonyl (C=O) groups excluding carboxylic acids is 1. The van der Waals surface area contributed by atoms with E-state index in [2.05, 4.69) is 5.32 Å². The van der Waals surface area contributed by atoms with Crippen molar-refractivity contribution in [3.05, 3.63) is 0 Å². The Morgan fingerprint density at radius 3 is 2.06 bits per heavy atom. The first-order valence-electron chi connectivity index (χ1n) is 4.87. The molecule has 6 nitrogen and oxygen atoms in total. The van der Waals surface area contributed by atoms with Crippen LogP contribution < -0.4 is 16.8 Å². The quantitative estimate of drug-likeness (QED) is 0.537. The highest BCUT2D eigenvalue weighted by atomic mass is 35.5. The highest BCUT2D eigenvalue weighted by Crippen LogP contribution is 2.04. The maximum atomic E-state index is 11.3. The fourth-order valence-corrected chi connectivity index (χ4v) is 1.08. The summed E-state index contributed by atoms with van der Waals surface area (Å²) in [6.07, 6.45) is 0.373. The van der Waals surface area contributed by atoms with Crippen molar-refractivity contribution in [1.82, 2.24) is 5.32 Å². The molecule has 0 fully saturated rings. The molecule has 1 amide bonds. The summed E-state index contributed by atoms with van der Waals surface area (Å²) in [7, 11) is 0. The molecule has 0 unspecified atom stereocenters. The number of carbonyl (C=O) groups is 2. The van der Waals surface area contributed by atoms with E-state index in [0.29, 0.717) is 6.42 Å². The van der Waals surface area contributed by atoms with Gasteiger partial charge < -0.3 is 21.9 Å². The maximum Gasteiger partial charge on any atom is 0.326 e. The van der Waals surface area contributed by atoms with Gasteiger partial charge in [0, 0.05) is 6.54 Å². The predicted octanol–water partition coefficient (Wildman–Crippen LogP) is -0.268. The van der Waals surface area contributed by atoms with Crippen LogP contribution in [0.15, 0.2) is 0 Å². The molecule has 0 bridgehead atoms. The molecule has 0 spiro atoms. The van der Waals surface area contributed by atoms with E-state index in [1.165, 1.54) is 0 Å². The van der Waals surface area contributed by atoms with Crippen molar-refractivity contribution < 1.29 is 14.7 Å². The number of halogens is 2. The van der Waals surface area contributed by atoms with E-state index in [0.717, 1.165) is 0 Å². The van der Waals surface area contributed by atoms with Crippen molar-refractivity contribution in [2.24, 2.45) is 17.4 Å². The molecule has 0 saturated carbocycles. The van der Waals surface area contributed by atoms with Gasteiger partial charge in [0.05, 0.1) is 6.04 Å². The average molecular weight is 290 g/mol. The molecule has 0 aliphatic carbocycles. The topological polar surface area (TPSA) is 118 Å². The number of aliphatic carboxylic acids is 1. The minimum atomic E-state index is -1.05. The van der Waals surface area contributed by atoms with E-state index in [1.54, 1.807) is 0 Å². The Bertz CT molecular complexity index is 240. The van der Waals surface area contributed by atoms with Gasteiger partial charge in [-0.05, 0) is 12.3 Å². The van der Waals surface area contributed by atoms with E-state index >= 15 is 0 Å². The number of amides is 1. The van der Waals surface area contributed by atoms with E-state index < -0.39 is 24.0 Å². The third-order valence-electron chi connectivity index (χ3n) is 1.91. The highest BCUT2D eigenvalue weighted by Gasteiger charge is 2.23. The standard InChI is InChI=1S/C9H19N3O3.2ClH/c1-5(2)3-7(9(14)15)12-8(13)6(11)4-10;;/h5-7H,3-4,10-11H2,1-2H3,(H,12,13)(H,14,15);2*1H/t6-,7-;;/m0../s1. The second-order valence-corrected chi connectivity index (χ2v) is 3.87. The first kappa shape index (κ1) is 21.7. The predicted molar refractivity (Wildman–Crippen MR) is 70.5 cm³/mol. The fraction of sp³-hybridized carbons (Fsp3) is 0.778. The van der Waals surface area contributed by atoms with Crippen LogP contribution in [-0.4, -0.2) is 35.6 Å². The van der Waals surface area contributed by atoms with E-state index in [1.807, 2.05) is 13.8 Å². The van der Waals surface area contributed by atoms with Gasteiger partial charge in [0.25, 0.3) is 0 Å². The van der Waals surface area contributed by atoms with Crippen LogP contribution >= 0.6 is 24.8 Å². The van der Waals surface area contributed by atoms with Gasteiger partial charge in [0.15, 0.2) is 0 Å². The fourth-order valence-electron chi connectivity index (χ4n) is 1.08. The van der Waals surface area contributed by atoms with Crippen LogP contribution in [-0.2, 0) is 9.59 Å². The lowest BCUT2D eigenvalue weighted by molar-refractivity contribution is -0.142. The summed E-state index contributed by atoms with van der Waals surface area (Å²) in [6, 6.07) is -1.74. The van der Waals surface area contributed by atoms with E-state index in [4.69, 9.17) is 16.6 Å². The Balaban J connectivity index is -0.000000980. The molecule has 8 heteroatoms. The minimum Gasteiger partial charge on any atom is -0.480 e. The zero-order chi connectivity index (χ0) is 12.0. The van der Waals surface area contributed by atoms with Gasteiger partial charge >= 0.3 is 5.97 Å². The van der Waals surface area contributed by atoms with Gasteiger partial charge in [-0.1, -0.05) is 13.8 Å². The zero-order valence-electron chi connectivity index (χ0n) is 9.88. The number of rotatable bonds is 6. The molecule has 0 radical (unpaired) electrons. The molecule has 0 heterocycles. The summed E-state index contributed by atoms with van der Waals surface area (Å²) < 4.78 is 0. The molecule has 0 saturated heterocycles. The van der Waals surface area contributed by atoms with Gasteiger partial charge in [0.1, 0.15) is 6.04 Å². The SMILES string of the molecule is CC(C)C[C@H](NC(=O)[C@@H](N)CN)C(=O)O.Cl.Cl. The molecule has 0 aromatic carbocycles. The van der Waals surface area contributed by atoms with Crippen molar-refractivity contribution in [2.75, 3.05) is 6.54 Å². The zero-order valence-corrected chi connectivity index (χ0v) is 11.5. The van der Waals surface area contributed by atoms with Gasteiger partial charge in [-0.15, -0.1) is 24.8 Å². The van der Waals surface area contributed by atoms with Crippen molar-refractivity contribution >= 4 is 36.7 Å². The van der Waals surface area contributed by atoms with Crippen LogP contribution in [0.25, 0.3) is 0 Å². The number of nitrogens with one attached hydrogen (secondary N) is 1. The third kappa shape index (κ3) is 9.17. The molecule has 0 aromatic heterocycles. The third-order valence-corrected chi connectivity index (χ3v) is 1.91. The minimum absolute atomic E-state index is 0. The molecule has 0 aliphatic rings. The number of carboxylic acid groups (broad SMARTS) is 1. The lowest BCUT2D eigenvalue weighted by Gasteiger charge is -2.18. The van der Waals surface area contributed by atoms with Crippen LogP contribution in [0.4, 0.5) is 0 Å². The normalized spacial score (nSPS) is 13.0. The Kier molecular flexibility index (Phi) is 13.5. The van der Waals surface area contributed by atoms with Crippen LogP contribution in [0.3, 0.4) is 0 Å². The lowest BCUT2D eigenvalue weighted by Crippen LogP contribution is -2.51. The molecule has 0 aromatic rings. The number of carboxylic acids is 1. The summed E-state index contributed by atoms with van der Waals surface area (Å²) in [5.41, 5.74) is 10.6. The molecular formula is C9H21Cl2N3O3. The monoisotopic (exact) mass is 289 g/mol. The van der Waals surface area contributed by atoms with E-state index in [9.17, 15) is 9.59 Å². The average Bonchev–Trinajstić information content (AvgIpc) is 2.14.